The first-order chi connectivity index (χ1) is 8.72. The number of likely N-dealkylation sites (N-methyl/N-ethyl adjacent to an activating group) is 1. The molecule has 1 unspecified atom stereocenters. The molecule has 1 N–H and O–H groups in total. The minimum absolute atomic E-state index is 0.342. The van der Waals surface area contributed by atoms with Crippen molar-refractivity contribution < 1.29 is 9.53 Å². The van der Waals surface area contributed by atoms with Gasteiger partial charge in [-0.05, 0) is 25.6 Å². The maximum atomic E-state index is 11.3. The third-order valence-corrected chi connectivity index (χ3v) is 3.31. The Hall–Kier alpha value is -1.46. The van der Waals surface area contributed by atoms with Crippen molar-refractivity contribution in [3.05, 3.63) is 29.6 Å². The molecule has 98 valence electrons. The molecule has 0 bridgehead atoms. The smallest absolute Gasteiger partial charge is 0.339 e. The topological polar surface area (TPSA) is 54.5 Å². The summed E-state index contributed by atoms with van der Waals surface area (Å²) in [5.74, 6) is -0.342. The zero-order valence-electron chi connectivity index (χ0n) is 10.8. The third kappa shape index (κ3) is 3.05. The Morgan fingerprint density at radius 3 is 3.00 bits per heavy atom. The number of methoxy groups -OCH3 is 1. The standard InChI is InChI=1S/C13H19N3O2/c1-14-11-5-6-16(8-11)9-12-4-3-10(7-15-12)13(17)18-2/h3-4,7,11,14H,5-6,8-9H2,1-2H3. The fourth-order valence-electron chi connectivity index (χ4n) is 2.20. The van der Waals surface area contributed by atoms with Crippen LogP contribution < -0.4 is 5.32 Å². The summed E-state index contributed by atoms with van der Waals surface area (Å²) in [6.07, 6.45) is 2.75. The van der Waals surface area contributed by atoms with Crippen molar-refractivity contribution in [3.63, 3.8) is 0 Å². The molecule has 0 spiro atoms. The summed E-state index contributed by atoms with van der Waals surface area (Å²) >= 11 is 0. The number of ether oxygens (including phenoxy) is 1. The van der Waals surface area contributed by atoms with E-state index in [4.69, 9.17) is 0 Å². The van der Waals surface area contributed by atoms with Crippen molar-refractivity contribution in [2.45, 2.75) is 19.0 Å². The molecule has 0 aromatic carbocycles. The second-order valence-electron chi connectivity index (χ2n) is 4.54. The Labute approximate surface area is 107 Å². The van der Waals surface area contributed by atoms with Crippen LogP contribution in [0.4, 0.5) is 0 Å². The monoisotopic (exact) mass is 249 g/mol. The minimum atomic E-state index is -0.342. The van der Waals surface area contributed by atoms with Crippen LogP contribution in [0, 0.1) is 0 Å². The fraction of sp³-hybridized carbons (Fsp3) is 0.538. The first-order valence-electron chi connectivity index (χ1n) is 6.16. The van der Waals surface area contributed by atoms with Gasteiger partial charge in [0.05, 0.1) is 18.4 Å². The van der Waals surface area contributed by atoms with Crippen LogP contribution in [0.3, 0.4) is 0 Å². The van der Waals surface area contributed by atoms with Gasteiger partial charge in [0.1, 0.15) is 0 Å². The third-order valence-electron chi connectivity index (χ3n) is 3.31. The summed E-state index contributed by atoms with van der Waals surface area (Å²) in [5, 5.41) is 3.29. The van der Waals surface area contributed by atoms with Crippen molar-refractivity contribution in [1.82, 2.24) is 15.2 Å². The predicted molar refractivity (Wildman–Crippen MR) is 68.3 cm³/mol. The van der Waals surface area contributed by atoms with Crippen molar-refractivity contribution in [2.75, 3.05) is 27.2 Å². The molecular weight excluding hydrogens is 230 g/mol. The normalized spacial score (nSPS) is 20.0. The lowest BCUT2D eigenvalue weighted by Gasteiger charge is -2.15. The van der Waals surface area contributed by atoms with E-state index in [9.17, 15) is 4.79 Å². The molecule has 1 aromatic heterocycles. The molecule has 1 saturated heterocycles. The van der Waals surface area contributed by atoms with Gasteiger partial charge in [-0.1, -0.05) is 0 Å². The van der Waals surface area contributed by atoms with Crippen LogP contribution in [0.25, 0.3) is 0 Å². The lowest BCUT2D eigenvalue weighted by molar-refractivity contribution is 0.0600. The van der Waals surface area contributed by atoms with E-state index in [-0.39, 0.29) is 5.97 Å². The number of carbonyl (C=O) groups excluding carboxylic acids is 1. The Kier molecular flexibility index (Phi) is 4.28. The van der Waals surface area contributed by atoms with Gasteiger partial charge < -0.3 is 10.1 Å². The van der Waals surface area contributed by atoms with E-state index in [1.807, 2.05) is 13.1 Å². The number of nitrogens with zero attached hydrogens (tertiary/aromatic N) is 2. The second kappa shape index (κ2) is 5.93. The maximum absolute atomic E-state index is 11.3. The van der Waals surface area contributed by atoms with Crippen molar-refractivity contribution >= 4 is 5.97 Å². The molecule has 1 aliphatic rings. The molecule has 5 nitrogen and oxygen atoms in total. The van der Waals surface area contributed by atoms with Crippen LogP contribution in [-0.2, 0) is 11.3 Å². The molecule has 2 rings (SSSR count). The lowest BCUT2D eigenvalue weighted by atomic mass is 10.2. The summed E-state index contributed by atoms with van der Waals surface area (Å²) in [6, 6.07) is 4.23. The van der Waals surface area contributed by atoms with Crippen LogP contribution in [-0.4, -0.2) is 49.1 Å². The Bertz CT molecular complexity index is 405. The fourth-order valence-corrected chi connectivity index (χ4v) is 2.20. The number of likely N-dealkylation sites (tertiary alicyclic amines) is 1. The van der Waals surface area contributed by atoms with Gasteiger partial charge in [-0.15, -0.1) is 0 Å². The number of nitrogens with one attached hydrogen (secondary N) is 1. The van der Waals surface area contributed by atoms with Gasteiger partial charge in [-0.2, -0.15) is 0 Å². The number of esters is 1. The molecule has 2 heterocycles. The summed E-state index contributed by atoms with van der Waals surface area (Å²) < 4.78 is 4.64. The summed E-state index contributed by atoms with van der Waals surface area (Å²) in [6.45, 7) is 2.97. The lowest BCUT2D eigenvalue weighted by Crippen LogP contribution is -2.29. The highest BCUT2D eigenvalue weighted by molar-refractivity contribution is 5.88. The largest absolute Gasteiger partial charge is 0.465 e. The maximum Gasteiger partial charge on any atom is 0.339 e. The summed E-state index contributed by atoms with van der Waals surface area (Å²) in [7, 11) is 3.37. The summed E-state index contributed by atoms with van der Waals surface area (Å²) in [5.41, 5.74) is 1.48. The molecule has 0 amide bonds. The van der Waals surface area contributed by atoms with Crippen LogP contribution in [0.5, 0.6) is 0 Å². The first kappa shape index (κ1) is 13.0. The molecule has 1 atom stereocenters. The number of rotatable bonds is 4. The molecule has 0 aliphatic carbocycles. The molecule has 18 heavy (non-hydrogen) atoms. The number of aromatic nitrogens is 1. The molecular formula is C13H19N3O2. The van der Waals surface area contributed by atoms with Crippen LogP contribution in [0.15, 0.2) is 18.3 Å². The van der Waals surface area contributed by atoms with E-state index in [0.717, 1.165) is 25.3 Å². The highest BCUT2D eigenvalue weighted by Gasteiger charge is 2.21. The van der Waals surface area contributed by atoms with E-state index < -0.39 is 0 Å². The minimum Gasteiger partial charge on any atom is -0.465 e. The highest BCUT2D eigenvalue weighted by Crippen LogP contribution is 2.12. The van der Waals surface area contributed by atoms with Gasteiger partial charge >= 0.3 is 5.97 Å². The number of hydrogen-bond donors (Lipinski definition) is 1. The highest BCUT2D eigenvalue weighted by atomic mass is 16.5. The van der Waals surface area contributed by atoms with Gasteiger partial charge in [0.15, 0.2) is 0 Å². The predicted octanol–water partition coefficient (Wildman–Crippen LogP) is 0.662. The van der Waals surface area contributed by atoms with Crippen LogP contribution in [0.2, 0.25) is 0 Å². The van der Waals surface area contributed by atoms with Gasteiger partial charge in [0.25, 0.3) is 0 Å². The molecule has 0 radical (unpaired) electrons. The Balaban J connectivity index is 1.92. The molecule has 1 aliphatic heterocycles. The zero-order chi connectivity index (χ0) is 13.0. The van der Waals surface area contributed by atoms with Crippen molar-refractivity contribution in [1.29, 1.82) is 0 Å². The Morgan fingerprint density at radius 1 is 1.61 bits per heavy atom. The number of carbonyl (C=O) groups is 1. The average molecular weight is 249 g/mol. The molecule has 1 fully saturated rings. The number of pyridine rings is 1. The average Bonchev–Trinajstić information content (AvgIpc) is 2.86. The van der Waals surface area contributed by atoms with Crippen LogP contribution >= 0.6 is 0 Å². The van der Waals surface area contributed by atoms with Crippen LogP contribution in [0.1, 0.15) is 22.5 Å². The van der Waals surface area contributed by atoms with Crippen molar-refractivity contribution in [2.24, 2.45) is 0 Å². The van der Waals surface area contributed by atoms with Gasteiger partial charge in [0.2, 0.25) is 0 Å². The van der Waals surface area contributed by atoms with E-state index >= 15 is 0 Å². The van der Waals surface area contributed by atoms with E-state index in [2.05, 4.69) is 19.9 Å². The first-order valence-corrected chi connectivity index (χ1v) is 6.16. The van der Waals surface area contributed by atoms with Gasteiger partial charge in [0, 0.05) is 31.9 Å². The zero-order valence-corrected chi connectivity index (χ0v) is 10.8. The SMILES string of the molecule is CNC1CCN(Cc2ccc(C(=O)OC)cn2)C1. The molecule has 1 aromatic rings. The van der Waals surface area contributed by atoms with Crippen molar-refractivity contribution in [3.8, 4) is 0 Å². The second-order valence-corrected chi connectivity index (χ2v) is 4.54. The Morgan fingerprint density at radius 2 is 2.44 bits per heavy atom. The van der Waals surface area contributed by atoms with E-state index in [1.54, 1.807) is 12.3 Å². The van der Waals surface area contributed by atoms with Gasteiger partial charge in [-0.25, -0.2) is 4.79 Å². The van der Waals surface area contributed by atoms with E-state index in [0.29, 0.717) is 11.6 Å². The summed E-state index contributed by atoms with van der Waals surface area (Å²) in [4.78, 5) is 17.9. The molecule has 0 saturated carbocycles. The van der Waals surface area contributed by atoms with E-state index in [1.165, 1.54) is 13.5 Å². The quantitative estimate of drug-likeness (QED) is 0.795. The molecule has 5 heteroatoms. The van der Waals surface area contributed by atoms with Gasteiger partial charge in [-0.3, -0.25) is 9.88 Å². The number of hydrogen-bond acceptors (Lipinski definition) is 5.